The molecule has 0 bridgehead atoms. The molecule has 2 aromatic rings. The Balaban J connectivity index is 2.41. The van der Waals surface area contributed by atoms with Crippen LogP contribution in [0.5, 0.6) is 0 Å². The zero-order chi connectivity index (χ0) is 10.8. The van der Waals surface area contributed by atoms with Crippen LogP contribution in [0.3, 0.4) is 0 Å². The number of carbonyl (C=O) groups is 1. The molecule has 0 aliphatic carbocycles. The Labute approximate surface area is 97.9 Å². The normalized spacial score (nSPS) is 10.2. The topological polar surface area (TPSA) is 63.1 Å². The van der Waals surface area contributed by atoms with Gasteiger partial charge in [-0.05, 0) is 23.7 Å². The summed E-state index contributed by atoms with van der Waals surface area (Å²) in [5.41, 5.74) is 0.799. The maximum Gasteiger partial charge on any atom is 0.366 e. The first-order valence-electron chi connectivity index (χ1n) is 4.00. The number of carboxylic acid groups (broad SMARTS) is 1. The van der Waals surface area contributed by atoms with Gasteiger partial charge in [0.25, 0.3) is 0 Å². The Bertz CT molecular complexity index is 512. The summed E-state index contributed by atoms with van der Waals surface area (Å²) in [6, 6.07) is 7.40. The lowest BCUT2D eigenvalue weighted by atomic mass is 10.2. The zero-order valence-electron chi connectivity index (χ0n) is 7.35. The number of hydrogen-bond donors (Lipinski definition) is 1. The molecular formula is C9H5BrN2O2S. The van der Waals surface area contributed by atoms with Crippen LogP contribution >= 0.6 is 27.5 Å². The molecule has 1 aromatic heterocycles. The third kappa shape index (κ3) is 2.21. The molecule has 0 atom stereocenters. The SMILES string of the molecule is O=C(O)c1nc(-c2cccc(Br)c2)ns1. The first kappa shape index (κ1) is 10.3. The number of aromatic nitrogens is 2. The average Bonchev–Trinajstić information content (AvgIpc) is 2.66. The molecule has 2 rings (SSSR count). The molecule has 0 saturated heterocycles. The van der Waals surface area contributed by atoms with E-state index in [1.807, 2.05) is 24.3 Å². The maximum atomic E-state index is 10.6. The van der Waals surface area contributed by atoms with Crippen LogP contribution in [-0.4, -0.2) is 20.4 Å². The highest BCUT2D eigenvalue weighted by Gasteiger charge is 2.11. The van der Waals surface area contributed by atoms with Gasteiger partial charge in [-0.1, -0.05) is 28.1 Å². The van der Waals surface area contributed by atoms with Crippen molar-refractivity contribution in [2.45, 2.75) is 0 Å². The molecular weight excluding hydrogens is 280 g/mol. The summed E-state index contributed by atoms with van der Waals surface area (Å²) in [6.07, 6.45) is 0. The van der Waals surface area contributed by atoms with E-state index in [2.05, 4.69) is 25.3 Å². The van der Waals surface area contributed by atoms with Crippen molar-refractivity contribution in [1.82, 2.24) is 9.36 Å². The van der Waals surface area contributed by atoms with E-state index in [0.29, 0.717) is 5.82 Å². The lowest BCUT2D eigenvalue weighted by Gasteiger charge is -1.94. The molecule has 15 heavy (non-hydrogen) atoms. The molecule has 0 saturated carbocycles. The van der Waals surface area contributed by atoms with Gasteiger partial charge in [-0.25, -0.2) is 9.78 Å². The standard InChI is InChI=1S/C9H5BrN2O2S/c10-6-3-1-2-5(4-6)7-11-8(9(13)14)15-12-7/h1-4H,(H,13,14). The summed E-state index contributed by atoms with van der Waals surface area (Å²) < 4.78 is 4.89. The smallest absolute Gasteiger partial charge is 0.366 e. The first-order chi connectivity index (χ1) is 7.16. The minimum absolute atomic E-state index is 0.00461. The zero-order valence-corrected chi connectivity index (χ0v) is 9.75. The maximum absolute atomic E-state index is 10.6. The van der Waals surface area contributed by atoms with E-state index in [4.69, 9.17) is 5.11 Å². The second kappa shape index (κ2) is 4.08. The van der Waals surface area contributed by atoms with E-state index >= 15 is 0 Å². The fraction of sp³-hybridized carbons (Fsp3) is 0. The summed E-state index contributed by atoms with van der Waals surface area (Å²) in [7, 11) is 0. The summed E-state index contributed by atoms with van der Waals surface area (Å²) in [4.78, 5) is 14.5. The molecule has 4 nitrogen and oxygen atoms in total. The lowest BCUT2D eigenvalue weighted by Crippen LogP contribution is -1.94. The van der Waals surface area contributed by atoms with E-state index in [1.165, 1.54) is 0 Å². The van der Waals surface area contributed by atoms with Crippen molar-refractivity contribution in [2.75, 3.05) is 0 Å². The van der Waals surface area contributed by atoms with E-state index in [9.17, 15) is 4.79 Å². The van der Waals surface area contributed by atoms with Crippen molar-refractivity contribution >= 4 is 33.4 Å². The van der Waals surface area contributed by atoms with Gasteiger partial charge in [0.2, 0.25) is 5.01 Å². The molecule has 76 valence electrons. The summed E-state index contributed by atoms with van der Waals surface area (Å²) in [6.45, 7) is 0. The monoisotopic (exact) mass is 284 g/mol. The highest BCUT2D eigenvalue weighted by molar-refractivity contribution is 9.10. The third-order valence-corrected chi connectivity index (χ3v) is 2.89. The van der Waals surface area contributed by atoms with Gasteiger partial charge in [0.1, 0.15) is 0 Å². The summed E-state index contributed by atoms with van der Waals surface area (Å²) >= 11 is 4.21. The predicted octanol–water partition coefficient (Wildman–Crippen LogP) is 2.67. The Kier molecular flexibility index (Phi) is 2.79. The predicted molar refractivity (Wildman–Crippen MR) is 60.0 cm³/mol. The van der Waals surface area contributed by atoms with Crippen LogP contribution in [0.2, 0.25) is 0 Å². The number of nitrogens with zero attached hydrogens (tertiary/aromatic N) is 2. The largest absolute Gasteiger partial charge is 0.476 e. The van der Waals surface area contributed by atoms with E-state index in [0.717, 1.165) is 21.6 Å². The number of rotatable bonds is 2. The van der Waals surface area contributed by atoms with Crippen molar-refractivity contribution in [1.29, 1.82) is 0 Å². The van der Waals surface area contributed by atoms with Gasteiger partial charge in [0.15, 0.2) is 5.82 Å². The first-order valence-corrected chi connectivity index (χ1v) is 5.56. The van der Waals surface area contributed by atoms with Crippen LogP contribution in [0.4, 0.5) is 0 Å². The number of carboxylic acids is 1. The fourth-order valence-corrected chi connectivity index (χ4v) is 1.98. The molecule has 0 amide bonds. The Morgan fingerprint density at radius 1 is 1.47 bits per heavy atom. The highest BCUT2D eigenvalue weighted by atomic mass is 79.9. The van der Waals surface area contributed by atoms with E-state index in [1.54, 1.807) is 0 Å². The van der Waals surface area contributed by atoms with Gasteiger partial charge in [-0.2, -0.15) is 4.37 Å². The fourth-order valence-electron chi connectivity index (χ4n) is 1.06. The van der Waals surface area contributed by atoms with Crippen LogP contribution in [0.15, 0.2) is 28.7 Å². The number of aromatic carboxylic acids is 1. The third-order valence-electron chi connectivity index (χ3n) is 1.69. The van der Waals surface area contributed by atoms with Crippen molar-refractivity contribution in [3.63, 3.8) is 0 Å². The Morgan fingerprint density at radius 2 is 2.27 bits per heavy atom. The van der Waals surface area contributed by atoms with Crippen LogP contribution < -0.4 is 0 Å². The molecule has 0 aliphatic rings. The van der Waals surface area contributed by atoms with Gasteiger partial charge < -0.3 is 5.11 Å². The molecule has 0 radical (unpaired) electrons. The minimum atomic E-state index is -1.05. The van der Waals surface area contributed by atoms with Gasteiger partial charge in [0, 0.05) is 10.0 Å². The molecule has 0 aliphatic heterocycles. The number of halogens is 1. The second-order valence-electron chi connectivity index (χ2n) is 2.74. The molecule has 1 aromatic carbocycles. The van der Waals surface area contributed by atoms with Gasteiger partial charge in [-0.15, -0.1) is 0 Å². The Hall–Kier alpha value is -1.27. The van der Waals surface area contributed by atoms with Crippen molar-refractivity contribution in [3.05, 3.63) is 33.7 Å². The van der Waals surface area contributed by atoms with Crippen LogP contribution in [-0.2, 0) is 0 Å². The molecule has 0 spiro atoms. The number of hydrogen-bond acceptors (Lipinski definition) is 4. The molecule has 1 N–H and O–H groups in total. The molecule has 0 fully saturated rings. The van der Waals surface area contributed by atoms with E-state index < -0.39 is 5.97 Å². The quantitative estimate of drug-likeness (QED) is 0.921. The van der Waals surface area contributed by atoms with Crippen LogP contribution in [0.1, 0.15) is 9.80 Å². The van der Waals surface area contributed by atoms with Crippen LogP contribution in [0.25, 0.3) is 11.4 Å². The lowest BCUT2D eigenvalue weighted by molar-refractivity contribution is 0.0696. The molecule has 1 heterocycles. The average molecular weight is 285 g/mol. The number of benzene rings is 1. The van der Waals surface area contributed by atoms with Crippen molar-refractivity contribution < 1.29 is 9.90 Å². The molecule has 0 unspecified atom stereocenters. The van der Waals surface area contributed by atoms with Crippen LogP contribution in [0, 0.1) is 0 Å². The van der Waals surface area contributed by atoms with Gasteiger partial charge >= 0.3 is 5.97 Å². The summed E-state index contributed by atoms with van der Waals surface area (Å²) in [5.74, 6) is -0.604. The van der Waals surface area contributed by atoms with Gasteiger partial charge in [-0.3, -0.25) is 0 Å². The second-order valence-corrected chi connectivity index (χ2v) is 4.41. The Morgan fingerprint density at radius 3 is 2.87 bits per heavy atom. The minimum Gasteiger partial charge on any atom is -0.476 e. The van der Waals surface area contributed by atoms with E-state index in [-0.39, 0.29) is 5.01 Å². The van der Waals surface area contributed by atoms with Gasteiger partial charge in [0.05, 0.1) is 0 Å². The molecule has 6 heteroatoms. The van der Waals surface area contributed by atoms with Crippen molar-refractivity contribution in [3.8, 4) is 11.4 Å². The highest BCUT2D eigenvalue weighted by Crippen LogP contribution is 2.21. The van der Waals surface area contributed by atoms with Crippen molar-refractivity contribution in [2.24, 2.45) is 0 Å². The summed E-state index contributed by atoms with van der Waals surface area (Å²) in [5, 5.41) is 8.70.